The SMILES string of the molecule is CC[C@]12CCCN(C(=O)OC(C)(C)C)[C@H]1c1cc(C)ccc1C2. The average Bonchev–Trinajstić information content (AvgIpc) is 2.79. The molecule has 0 aromatic heterocycles. The van der Waals surface area contributed by atoms with Gasteiger partial charge in [0.05, 0.1) is 6.04 Å². The van der Waals surface area contributed by atoms with E-state index in [1.807, 2.05) is 25.7 Å². The topological polar surface area (TPSA) is 29.5 Å². The van der Waals surface area contributed by atoms with Crippen molar-refractivity contribution >= 4 is 6.09 Å². The van der Waals surface area contributed by atoms with Gasteiger partial charge in [-0.05, 0) is 69.9 Å². The number of likely N-dealkylation sites (tertiary alicyclic amines) is 1. The predicted molar refractivity (Wildman–Crippen MR) is 92.5 cm³/mol. The van der Waals surface area contributed by atoms with Gasteiger partial charge in [0, 0.05) is 6.54 Å². The van der Waals surface area contributed by atoms with Gasteiger partial charge < -0.3 is 9.64 Å². The van der Waals surface area contributed by atoms with Crippen LogP contribution in [0.3, 0.4) is 0 Å². The minimum absolute atomic E-state index is 0.158. The van der Waals surface area contributed by atoms with E-state index in [2.05, 4.69) is 32.0 Å². The Labute approximate surface area is 140 Å². The van der Waals surface area contributed by atoms with E-state index in [0.29, 0.717) is 0 Å². The largest absolute Gasteiger partial charge is 0.444 e. The first-order valence-corrected chi connectivity index (χ1v) is 8.85. The van der Waals surface area contributed by atoms with Crippen molar-refractivity contribution in [3.05, 3.63) is 34.9 Å². The lowest BCUT2D eigenvalue weighted by molar-refractivity contribution is -0.0213. The zero-order chi connectivity index (χ0) is 16.8. The van der Waals surface area contributed by atoms with Gasteiger partial charge in [-0.15, -0.1) is 0 Å². The van der Waals surface area contributed by atoms with Crippen molar-refractivity contribution in [3.63, 3.8) is 0 Å². The van der Waals surface area contributed by atoms with Crippen molar-refractivity contribution in [2.45, 2.75) is 71.9 Å². The molecule has 0 N–H and O–H groups in total. The second-order valence-corrected chi connectivity index (χ2v) is 8.27. The molecule has 3 nitrogen and oxygen atoms in total. The summed E-state index contributed by atoms with van der Waals surface area (Å²) in [5, 5.41) is 0. The maximum Gasteiger partial charge on any atom is 0.410 e. The second kappa shape index (κ2) is 5.54. The average molecular weight is 315 g/mol. The van der Waals surface area contributed by atoms with E-state index in [1.54, 1.807) is 0 Å². The lowest BCUT2D eigenvalue weighted by atomic mass is 9.71. The lowest BCUT2D eigenvalue weighted by Crippen LogP contribution is -2.48. The molecule has 126 valence electrons. The maximum absolute atomic E-state index is 12.8. The number of piperidine rings is 1. The molecule has 0 radical (unpaired) electrons. The van der Waals surface area contributed by atoms with Crippen molar-refractivity contribution < 1.29 is 9.53 Å². The van der Waals surface area contributed by atoms with E-state index in [9.17, 15) is 4.79 Å². The molecule has 3 rings (SSSR count). The molecule has 2 atom stereocenters. The fourth-order valence-electron chi connectivity index (χ4n) is 4.40. The van der Waals surface area contributed by atoms with Crippen LogP contribution in [0.2, 0.25) is 0 Å². The molecular weight excluding hydrogens is 286 g/mol. The molecule has 0 unspecified atom stereocenters. The first-order chi connectivity index (χ1) is 10.8. The highest BCUT2D eigenvalue weighted by Gasteiger charge is 2.51. The Kier molecular flexibility index (Phi) is 3.94. The number of carbonyl (C=O) groups excluding carboxylic acids is 1. The molecule has 23 heavy (non-hydrogen) atoms. The van der Waals surface area contributed by atoms with Crippen LogP contribution in [0, 0.1) is 12.3 Å². The molecule has 3 heteroatoms. The van der Waals surface area contributed by atoms with Gasteiger partial charge in [0.25, 0.3) is 0 Å². The standard InChI is InChI=1S/C20H29NO2/c1-6-20-10-7-11-21(18(22)23-19(3,4)5)17(20)16-12-14(2)8-9-15(16)13-20/h8-9,12,17H,6-7,10-11,13H2,1-5H3/t17-,20+/m0/s1. The van der Waals surface area contributed by atoms with Gasteiger partial charge in [-0.1, -0.05) is 30.7 Å². The summed E-state index contributed by atoms with van der Waals surface area (Å²) in [6.07, 6.45) is 4.29. The zero-order valence-corrected chi connectivity index (χ0v) is 15.1. The Morgan fingerprint density at radius 2 is 2.13 bits per heavy atom. The normalized spacial score (nSPS) is 26.7. The third-order valence-corrected chi connectivity index (χ3v) is 5.44. The zero-order valence-electron chi connectivity index (χ0n) is 15.1. The van der Waals surface area contributed by atoms with Gasteiger partial charge >= 0.3 is 6.09 Å². The molecule has 1 aromatic rings. The van der Waals surface area contributed by atoms with E-state index in [-0.39, 0.29) is 17.6 Å². The molecule has 0 spiro atoms. The molecule has 1 aromatic carbocycles. The van der Waals surface area contributed by atoms with E-state index in [0.717, 1.165) is 25.8 Å². The molecular formula is C20H29NO2. The summed E-state index contributed by atoms with van der Waals surface area (Å²) in [5.74, 6) is 0. The predicted octanol–water partition coefficient (Wildman–Crippen LogP) is 5.02. The van der Waals surface area contributed by atoms with Crippen molar-refractivity contribution in [3.8, 4) is 0 Å². The van der Waals surface area contributed by atoms with Crippen LogP contribution in [0.1, 0.15) is 69.7 Å². The quantitative estimate of drug-likeness (QED) is 0.728. The van der Waals surface area contributed by atoms with Crippen LogP contribution in [0.4, 0.5) is 4.79 Å². The number of rotatable bonds is 1. The fourth-order valence-corrected chi connectivity index (χ4v) is 4.40. The highest BCUT2D eigenvalue weighted by Crippen LogP contribution is 2.56. The smallest absolute Gasteiger partial charge is 0.410 e. The lowest BCUT2D eigenvalue weighted by Gasteiger charge is -2.46. The number of aryl methyl sites for hydroxylation is 1. The molecule has 0 saturated carbocycles. The van der Waals surface area contributed by atoms with Gasteiger partial charge in [0.1, 0.15) is 5.60 Å². The van der Waals surface area contributed by atoms with Gasteiger partial charge in [0.2, 0.25) is 0 Å². The van der Waals surface area contributed by atoms with Gasteiger partial charge in [0.15, 0.2) is 0 Å². The maximum atomic E-state index is 12.8. The van der Waals surface area contributed by atoms with Gasteiger partial charge in [-0.25, -0.2) is 4.79 Å². The Morgan fingerprint density at radius 3 is 2.78 bits per heavy atom. The molecule has 1 aliphatic carbocycles. The van der Waals surface area contributed by atoms with Crippen molar-refractivity contribution in [2.24, 2.45) is 5.41 Å². The summed E-state index contributed by atoms with van der Waals surface area (Å²) in [7, 11) is 0. The molecule has 2 aliphatic rings. The first-order valence-electron chi connectivity index (χ1n) is 8.85. The minimum Gasteiger partial charge on any atom is -0.444 e. The summed E-state index contributed by atoms with van der Waals surface area (Å²) >= 11 is 0. The molecule has 0 bridgehead atoms. The van der Waals surface area contributed by atoms with Crippen LogP contribution in [0.15, 0.2) is 18.2 Å². The van der Waals surface area contributed by atoms with Gasteiger partial charge in [-0.2, -0.15) is 0 Å². The van der Waals surface area contributed by atoms with Crippen LogP contribution in [0.25, 0.3) is 0 Å². The van der Waals surface area contributed by atoms with Crippen LogP contribution in [0.5, 0.6) is 0 Å². The van der Waals surface area contributed by atoms with E-state index < -0.39 is 5.60 Å². The molecule has 1 amide bonds. The fraction of sp³-hybridized carbons (Fsp3) is 0.650. The highest BCUT2D eigenvalue weighted by molar-refractivity contribution is 5.70. The molecule has 1 heterocycles. The number of amides is 1. The number of hydrogen-bond acceptors (Lipinski definition) is 2. The summed E-state index contributed by atoms with van der Waals surface area (Å²) in [6.45, 7) is 11.0. The first kappa shape index (κ1) is 16.4. The number of carbonyl (C=O) groups is 1. The van der Waals surface area contributed by atoms with E-state index in [1.165, 1.54) is 23.1 Å². The van der Waals surface area contributed by atoms with Crippen LogP contribution >= 0.6 is 0 Å². The number of ether oxygens (including phenoxy) is 1. The Hall–Kier alpha value is -1.51. The Bertz CT molecular complexity index is 617. The molecule has 1 aliphatic heterocycles. The second-order valence-electron chi connectivity index (χ2n) is 8.27. The van der Waals surface area contributed by atoms with Crippen LogP contribution in [-0.4, -0.2) is 23.1 Å². The van der Waals surface area contributed by atoms with Gasteiger partial charge in [-0.3, -0.25) is 0 Å². The van der Waals surface area contributed by atoms with Crippen molar-refractivity contribution in [1.82, 2.24) is 4.90 Å². The monoisotopic (exact) mass is 315 g/mol. The Balaban J connectivity index is 2.00. The van der Waals surface area contributed by atoms with Crippen molar-refractivity contribution in [1.29, 1.82) is 0 Å². The third kappa shape index (κ3) is 2.86. The van der Waals surface area contributed by atoms with E-state index >= 15 is 0 Å². The summed E-state index contributed by atoms with van der Waals surface area (Å²) in [5.41, 5.74) is 3.77. The van der Waals surface area contributed by atoms with Crippen molar-refractivity contribution in [2.75, 3.05) is 6.54 Å². The summed E-state index contributed by atoms with van der Waals surface area (Å²) < 4.78 is 5.71. The van der Waals surface area contributed by atoms with Crippen LogP contribution in [-0.2, 0) is 11.2 Å². The number of nitrogens with zero attached hydrogens (tertiary/aromatic N) is 1. The summed E-state index contributed by atoms with van der Waals surface area (Å²) in [4.78, 5) is 14.8. The van der Waals surface area contributed by atoms with Crippen LogP contribution < -0.4 is 0 Å². The minimum atomic E-state index is -0.447. The molecule has 1 saturated heterocycles. The summed E-state index contributed by atoms with van der Waals surface area (Å²) in [6, 6.07) is 6.90. The molecule has 1 fully saturated rings. The number of hydrogen-bond donors (Lipinski definition) is 0. The van der Waals surface area contributed by atoms with E-state index in [4.69, 9.17) is 4.74 Å². The number of benzene rings is 1. The number of fused-ring (bicyclic) bond motifs is 3. The highest BCUT2D eigenvalue weighted by atomic mass is 16.6. The Morgan fingerprint density at radius 1 is 1.39 bits per heavy atom. The third-order valence-electron chi connectivity index (χ3n) is 5.44.